The Labute approximate surface area is 124 Å². The van der Waals surface area contributed by atoms with Gasteiger partial charge in [0.05, 0.1) is 0 Å². The molecule has 1 aromatic carbocycles. The van der Waals surface area contributed by atoms with Crippen molar-refractivity contribution >= 4 is 33.2 Å². The number of nitrogens with zero attached hydrogens (tertiary/aromatic N) is 1. The molecular formula is C15H21BrClN. The topological polar surface area (TPSA) is 3.24 Å². The first-order chi connectivity index (χ1) is 8.76. The van der Waals surface area contributed by atoms with Gasteiger partial charge in [-0.25, -0.2) is 0 Å². The first-order valence-electron chi connectivity index (χ1n) is 6.87. The lowest BCUT2D eigenvalue weighted by molar-refractivity contribution is 0.418. The molecule has 0 saturated heterocycles. The normalized spacial score (nSPS) is 16.8. The van der Waals surface area contributed by atoms with Gasteiger partial charge >= 0.3 is 0 Å². The average Bonchev–Trinajstić information content (AvgIpc) is 2.41. The van der Waals surface area contributed by atoms with Crippen LogP contribution in [0.5, 0.6) is 0 Å². The second-order valence-corrected chi connectivity index (χ2v) is 6.17. The molecule has 1 fully saturated rings. The van der Waals surface area contributed by atoms with E-state index in [1.165, 1.54) is 43.4 Å². The third-order valence-corrected chi connectivity index (χ3v) is 4.64. The molecule has 0 heterocycles. The highest BCUT2D eigenvalue weighted by Crippen LogP contribution is 2.32. The summed E-state index contributed by atoms with van der Waals surface area (Å²) < 4.78 is 1.14. The van der Waals surface area contributed by atoms with Gasteiger partial charge in [-0.05, 0) is 37.5 Å². The largest absolute Gasteiger partial charge is 0.369 e. The van der Waals surface area contributed by atoms with E-state index in [1.54, 1.807) is 0 Å². The van der Waals surface area contributed by atoms with E-state index in [9.17, 15) is 0 Å². The Bertz CT molecular complexity index is 388. The maximum absolute atomic E-state index is 6.08. The monoisotopic (exact) mass is 329 g/mol. The van der Waals surface area contributed by atoms with Crippen LogP contribution in [0.3, 0.4) is 0 Å². The van der Waals surface area contributed by atoms with Gasteiger partial charge in [0.2, 0.25) is 0 Å². The summed E-state index contributed by atoms with van der Waals surface area (Å²) in [7, 11) is 0. The van der Waals surface area contributed by atoms with E-state index >= 15 is 0 Å². The summed E-state index contributed by atoms with van der Waals surface area (Å²) >= 11 is 9.66. The number of benzene rings is 1. The van der Waals surface area contributed by atoms with Crippen LogP contribution in [0.2, 0.25) is 0 Å². The zero-order valence-electron chi connectivity index (χ0n) is 11.0. The van der Waals surface area contributed by atoms with Crippen LogP contribution in [0.25, 0.3) is 0 Å². The quantitative estimate of drug-likeness (QED) is 0.673. The molecule has 0 bridgehead atoms. The van der Waals surface area contributed by atoms with E-state index < -0.39 is 0 Å². The standard InChI is InChI=1S/C15H21BrClN/c1-2-18(14-6-4-3-5-7-14)15-10-13(16)9-8-12(15)11-17/h8-10,14H,2-7,11H2,1H3. The smallest absolute Gasteiger partial charge is 0.0494 e. The predicted octanol–water partition coefficient (Wildman–Crippen LogP) is 5.35. The third kappa shape index (κ3) is 3.21. The first kappa shape index (κ1) is 14.2. The van der Waals surface area contributed by atoms with Crippen molar-refractivity contribution in [2.24, 2.45) is 0 Å². The first-order valence-corrected chi connectivity index (χ1v) is 8.20. The van der Waals surface area contributed by atoms with Gasteiger partial charge in [0, 0.05) is 28.6 Å². The highest BCUT2D eigenvalue weighted by atomic mass is 79.9. The SMILES string of the molecule is CCN(c1cc(Br)ccc1CCl)C1CCCCC1. The van der Waals surface area contributed by atoms with Crippen LogP contribution in [-0.4, -0.2) is 12.6 Å². The van der Waals surface area contributed by atoms with Gasteiger partial charge in [-0.15, -0.1) is 11.6 Å². The van der Waals surface area contributed by atoms with Crippen molar-refractivity contribution < 1.29 is 0 Å². The lowest BCUT2D eigenvalue weighted by atomic mass is 9.93. The fraction of sp³-hybridized carbons (Fsp3) is 0.600. The number of alkyl halides is 1. The van der Waals surface area contributed by atoms with Crippen LogP contribution in [0.15, 0.2) is 22.7 Å². The average molecular weight is 331 g/mol. The van der Waals surface area contributed by atoms with Crippen molar-refractivity contribution in [3.05, 3.63) is 28.2 Å². The Morgan fingerprint density at radius 2 is 2.00 bits per heavy atom. The van der Waals surface area contributed by atoms with Gasteiger partial charge in [-0.3, -0.25) is 0 Å². The number of anilines is 1. The highest BCUT2D eigenvalue weighted by Gasteiger charge is 2.21. The Kier molecular flexibility index (Phi) is 5.38. The molecule has 3 heteroatoms. The van der Waals surface area contributed by atoms with Crippen molar-refractivity contribution in [2.75, 3.05) is 11.4 Å². The van der Waals surface area contributed by atoms with Crippen LogP contribution < -0.4 is 4.90 Å². The lowest BCUT2D eigenvalue weighted by Gasteiger charge is -2.36. The molecule has 0 aliphatic heterocycles. The second-order valence-electron chi connectivity index (χ2n) is 4.98. The molecule has 0 unspecified atom stereocenters. The molecule has 0 radical (unpaired) electrons. The van der Waals surface area contributed by atoms with Crippen LogP contribution >= 0.6 is 27.5 Å². The molecule has 1 aliphatic carbocycles. The summed E-state index contributed by atoms with van der Waals surface area (Å²) in [5.41, 5.74) is 2.56. The summed E-state index contributed by atoms with van der Waals surface area (Å²) in [5, 5.41) is 0. The number of hydrogen-bond donors (Lipinski definition) is 0. The number of hydrogen-bond acceptors (Lipinski definition) is 1. The minimum absolute atomic E-state index is 0.589. The van der Waals surface area contributed by atoms with E-state index in [-0.39, 0.29) is 0 Å². The Morgan fingerprint density at radius 3 is 2.61 bits per heavy atom. The minimum Gasteiger partial charge on any atom is -0.369 e. The van der Waals surface area contributed by atoms with Crippen molar-refractivity contribution in [3.8, 4) is 0 Å². The molecule has 0 aromatic heterocycles. The van der Waals surface area contributed by atoms with Crippen LogP contribution in [0.4, 0.5) is 5.69 Å². The van der Waals surface area contributed by atoms with Crippen molar-refractivity contribution in [1.29, 1.82) is 0 Å². The summed E-state index contributed by atoms with van der Waals surface area (Å²) in [5.74, 6) is 0.589. The van der Waals surface area contributed by atoms with E-state index in [0.29, 0.717) is 11.9 Å². The van der Waals surface area contributed by atoms with E-state index in [0.717, 1.165) is 11.0 Å². The summed E-state index contributed by atoms with van der Waals surface area (Å²) in [4.78, 5) is 2.54. The fourth-order valence-electron chi connectivity index (χ4n) is 2.94. The van der Waals surface area contributed by atoms with Gasteiger partial charge in [0.15, 0.2) is 0 Å². The van der Waals surface area contributed by atoms with Crippen molar-refractivity contribution in [1.82, 2.24) is 0 Å². The molecule has 1 nitrogen and oxygen atoms in total. The lowest BCUT2D eigenvalue weighted by Crippen LogP contribution is -2.37. The van der Waals surface area contributed by atoms with E-state index in [2.05, 4.69) is 46.0 Å². The predicted molar refractivity (Wildman–Crippen MR) is 83.6 cm³/mol. The Hall–Kier alpha value is -0.210. The maximum Gasteiger partial charge on any atom is 0.0494 e. The highest BCUT2D eigenvalue weighted by molar-refractivity contribution is 9.10. The third-order valence-electron chi connectivity index (χ3n) is 3.86. The summed E-state index contributed by atoms with van der Waals surface area (Å²) in [6, 6.07) is 7.13. The van der Waals surface area contributed by atoms with Gasteiger partial charge in [-0.1, -0.05) is 41.3 Å². The van der Waals surface area contributed by atoms with Gasteiger partial charge in [0.1, 0.15) is 0 Å². The van der Waals surface area contributed by atoms with Gasteiger partial charge in [0.25, 0.3) is 0 Å². The molecular weight excluding hydrogens is 310 g/mol. The molecule has 0 atom stereocenters. The molecule has 18 heavy (non-hydrogen) atoms. The van der Waals surface area contributed by atoms with Crippen molar-refractivity contribution in [3.63, 3.8) is 0 Å². The Morgan fingerprint density at radius 1 is 1.28 bits per heavy atom. The molecule has 100 valence electrons. The summed E-state index contributed by atoms with van der Waals surface area (Å²) in [6.07, 6.45) is 6.77. The second kappa shape index (κ2) is 6.81. The molecule has 2 rings (SSSR count). The zero-order chi connectivity index (χ0) is 13.0. The molecule has 1 aromatic rings. The van der Waals surface area contributed by atoms with E-state index in [4.69, 9.17) is 11.6 Å². The minimum atomic E-state index is 0.589. The van der Waals surface area contributed by atoms with Gasteiger partial charge < -0.3 is 4.90 Å². The number of halogens is 2. The van der Waals surface area contributed by atoms with Crippen LogP contribution in [0, 0.1) is 0 Å². The molecule has 0 spiro atoms. The fourth-order valence-corrected chi connectivity index (χ4v) is 3.51. The zero-order valence-corrected chi connectivity index (χ0v) is 13.3. The maximum atomic E-state index is 6.08. The van der Waals surface area contributed by atoms with Gasteiger partial charge in [-0.2, -0.15) is 0 Å². The molecule has 1 aliphatic rings. The van der Waals surface area contributed by atoms with Crippen LogP contribution in [0.1, 0.15) is 44.6 Å². The van der Waals surface area contributed by atoms with Crippen molar-refractivity contribution in [2.45, 2.75) is 50.9 Å². The van der Waals surface area contributed by atoms with Crippen LogP contribution in [-0.2, 0) is 5.88 Å². The molecule has 0 N–H and O–H groups in total. The Balaban J connectivity index is 2.27. The summed E-state index contributed by atoms with van der Waals surface area (Å²) in [6.45, 7) is 3.30. The number of rotatable bonds is 4. The molecule has 0 amide bonds. The van der Waals surface area contributed by atoms with E-state index in [1.807, 2.05) is 0 Å². The molecule has 1 saturated carbocycles.